The monoisotopic (exact) mass is 302 g/mol. The fraction of sp³-hybridized carbons (Fsp3) is 0.688. The first-order chi connectivity index (χ1) is 10.0. The second-order valence-electron chi connectivity index (χ2n) is 6.41. The summed E-state index contributed by atoms with van der Waals surface area (Å²) in [6, 6.07) is 4.36. The highest BCUT2D eigenvalue weighted by molar-refractivity contribution is 7.11. The summed E-state index contributed by atoms with van der Waals surface area (Å²) in [6.07, 6.45) is 4.41. The Bertz CT molecular complexity index is 544. The molecule has 1 heterocycles. The third kappa shape index (κ3) is 4.52. The normalized spacial score (nSPS) is 16.2. The molecule has 1 aliphatic rings. The molecule has 0 N–H and O–H groups in total. The molecule has 112 valence electrons. The van der Waals surface area contributed by atoms with Crippen LogP contribution in [0.25, 0.3) is 0 Å². The van der Waals surface area contributed by atoms with E-state index in [9.17, 15) is 0 Å². The second kappa shape index (κ2) is 7.02. The van der Waals surface area contributed by atoms with Crippen LogP contribution in [0.2, 0.25) is 0 Å². The number of nitriles is 2. The van der Waals surface area contributed by atoms with Gasteiger partial charge in [0.25, 0.3) is 0 Å². The molecule has 0 radical (unpaired) electrons. The lowest BCUT2D eigenvalue weighted by Gasteiger charge is -2.28. The number of rotatable bonds is 6. The topological polar surface area (TPSA) is 63.7 Å². The zero-order chi connectivity index (χ0) is 15.3. The smallest absolute Gasteiger partial charge is 0.107 e. The molecule has 0 amide bonds. The van der Waals surface area contributed by atoms with Crippen LogP contribution in [0.5, 0.6) is 0 Å². The zero-order valence-electron chi connectivity index (χ0n) is 12.9. The number of thiazole rings is 1. The molecule has 4 nitrogen and oxygen atoms in total. The Hall–Kier alpha value is -1.43. The minimum Gasteiger partial charge on any atom is -0.295 e. The molecule has 5 heteroatoms. The van der Waals surface area contributed by atoms with Crippen molar-refractivity contribution in [1.82, 2.24) is 9.88 Å². The lowest BCUT2D eigenvalue weighted by Crippen LogP contribution is -2.25. The van der Waals surface area contributed by atoms with E-state index < -0.39 is 0 Å². The van der Waals surface area contributed by atoms with Crippen LogP contribution < -0.4 is 0 Å². The largest absolute Gasteiger partial charge is 0.295 e. The molecular formula is C16H22N4S. The van der Waals surface area contributed by atoms with Gasteiger partial charge in [-0.25, -0.2) is 4.98 Å². The minimum absolute atomic E-state index is 0.387. The van der Waals surface area contributed by atoms with Gasteiger partial charge in [-0.15, -0.1) is 11.3 Å². The fourth-order valence-corrected chi connectivity index (χ4v) is 4.11. The SMILES string of the molecule is CC1(C)CCc2nc(CN(CCC#N)CCC#N)sc2C1. The molecule has 0 aromatic carbocycles. The Morgan fingerprint density at radius 1 is 1.24 bits per heavy atom. The minimum atomic E-state index is 0.387. The van der Waals surface area contributed by atoms with Crippen molar-refractivity contribution in [3.8, 4) is 12.1 Å². The zero-order valence-corrected chi connectivity index (χ0v) is 13.7. The summed E-state index contributed by atoms with van der Waals surface area (Å²) < 4.78 is 0. The first-order valence-electron chi connectivity index (χ1n) is 7.48. The van der Waals surface area contributed by atoms with Gasteiger partial charge in [-0.05, 0) is 24.7 Å². The maximum Gasteiger partial charge on any atom is 0.107 e. The van der Waals surface area contributed by atoms with Gasteiger partial charge in [0, 0.05) is 30.8 Å². The Morgan fingerprint density at radius 2 is 1.90 bits per heavy atom. The van der Waals surface area contributed by atoms with Gasteiger partial charge in [-0.3, -0.25) is 4.90 Å². The van der Waals surface area contributed by atoms with Gasteiger partial charge in [0.15, 0.2) is 0 Å². The molecule has 1 aliphatic carbocycles. The number of aromatic nitrogens is 1. The van der Waals surface area contributed by atoms with Crippen LogP contribution in [0.3, 0.4) is 0 Å². The van der Waals surface area contributed by atoms with Crippen LogP contribution in [0.1, 0.15) is 48.7 Å². The maximum atomic E-state index is 8.74. The molecule has 0 atom stereocenters. The van der Waals surface area contributed by atoms with Crippen molar-refractivity contribution in [2.75, 3.05) is 13.1 Å². The summed E-state index contributed by atoms with van der Waals surface area (Å²) in [5.74, 6) is 0. The fourth-order valence-electron chi connectivity index (χ4n) is 2.70. The van der Waals surface area contributed by atoms with Gasteiger partial charge in [-0.2, -0.15) is 10.5 Å². The standard InChI is InChI=1S/C16H22N4S/c1-16(2)6-5-13-14(11-16)21-15(19-13)12-20(9-3-7-17)10-4-8-18/h3-6,9-12H2,1-2H3. The van der Waals surface area contributed by atoms with E-state index in [1.165, 1.54) is 17.0 Å². The summed E-state index contributed by atoms with van der Waals surface area (Å²) in [6.45, 7) is 6.84. The molecule has 0 spiro atoms. The summed E-state index contributed by atoms with van der Waals surface area (Å²) in [5.41, 5.74) is 1.66. The third-order valence-electron chi connectivity index (χ3n) is 3.94. The van der Waals surface area contributed by atoms with Crippen LogP contribution in [-0.4, -0.2) is 23.0 Å². The highest BCUT2D eigenvalue weighted by Gasteiger charge is 2.28. The molecular weight excluding hydrogens is 280 g/mol. The summed E-state index contributed by atoms with van der Waals surface area (Å²) in [7, 11) is 0. The van der Waals surface area contributed by atoms with Crippen LogP contribution in [0.15, 0.2) is 0 Å². The molecule has 0 bridgehead atoms. The summed E-state index contributed by atoms with van der Waals surface area (Å²) in [5, 5.41) is 18.6. The molecule has 1 aromatic rings. The highest BCUT2D eigenvalue weighted by Crippen LogP contribution is 2.37. The average molecular weight is 302 g/mol. The molecule has 0 fully saturated rings. The molecule has 0 saturated carbocycles. The van der Waals surface area contributed by atoms with Crippen molar-refractivity contribution in [2.24, 2.45) is 5.41 Å². The Balaban J connectivity index is 2.03. The van der Waals surface area contributed by atoms with Crippen LogP contribution in [0, 0.1) is 28.1 Å². The van der Waals surface area contributed by atoms with E-state index in [4.69, 9.17) is 15.5 Å². The van der Waals surface area contributed by atoms with E-state index in [2.05, 4.69) is 30.9 Å². The summed E-state index contributed by atoms with van der Waals surface area (Å²) >= 11 is 1.81. The van der Waals surface area contributed by atoms with E-state index in [1.807, 2.05) is 11.3 Å². The summed E-state index contributed by atoms with van der Waals surface area (Å²) in [4.78, 5) is 8.38. The van der Waals surface area contributed by atoms with Gasteiger partial charge in [0.2, 0.25) is 0 Å². The van der Waals surface area contributed by atoms with E-state index in [0.717, 1.165) is 24.4 Å². The van der Waals surface area contributed by atoms with Crippen LogP contribution in [0.4, 0.5) is 0 Å². The molecule has 0 unspecified atom stereocenters. The van der Waals surface area contributed by atoms with Gasteiger partial charge < -0.3 is 0 Å². The Morgan fingerprint density at radius 3 is 2.52 bits per heavy atom. The van der Waals surface area contributed by atoms with E-state index >= 15 is 0 Å². The lowest BCUT2D eigenvalue weighted by atomic mass is 9.79. The number of nitrogens with zero attached hydrogens (tertiary/aromatic N) is 4. The number of fused-ring (bicyclic) bond motifs is 1. The van der Waals surface area contributed by atoms with Crippen molar-refractivity contribution in [1.29, 1.82) is 10.5 Å². The molecule has 0 aliphatic heterocycles. The van der Waals surface area contributed by atoms with Crippen molar-refractivity contribution < 1.29 is 0 Å². The first kappa shape index (κ1) is 15.9. The molecule has 0 saturated heterocycles. The predicted molar refractivity (Wildman–Crippen MR) is 83.7 cm³/mol. The maximum absolute atomic E-state index is 8.74. The average Bonchev–Trinajstić information content (AvgIpc) is 2.81. The van der Waals surface area contributed by atoms with Gasteiger partial charge >= 0.3 is 0 Å². The second-order valence-corrected chi connectivity index (χ2v) is 7.58. The van der Waals surface area contributed by atoms with Crippen molar-refractivity contribution >= 4 is 11.3 Å². The third-order valence-corrected chi connectivity index (χ3v) is 5.02. The van der Waals surface area contributed by atoms with E-state index in [-0.39, 0.29) is 0 Å². The number of hydrogen-bond donors (Lipinski definition) is 0. The molecule has 1 aromatic heterocycles. The van der Waals surface area contributed by atoms with E-state index in [1.54, 1.807) is 0 Å². The van der Waals surface area contributed by atoms with Gasteiger partial charge in [-0.1, -0.05) is 13.8 Å². The van der Waals surface area contributed by atoms with Crippen molar-refractivity contribution in [2.45, 2.75) is 52.5 Å². The van der Waals surface area contributed by atoms with Crippen molar-refractivity contribution in [3.63, 3.8) is 0 Å². The number of hydrogen-bond acceptors (Lipinski definition) is 5. The van der Waals surface area contributed by atoms with Gasteiger partial charge in [0.05, 0.1) is 24.4 Å². The molecule has 2 rings (SSSR count). The Labute approximate surface area is 131 Å². The van der Waals surface area contributed by atoms with Crippen LogP contribution in [-0.2, 0) is 19.4 Å². The van der Waals surface area contributed by atoms with E-state index in [0.29, 0.717) is 31.3 Å². The van der Waals surface area contributed by atoms with Crippen LogP contribution >= 0.6 is 11.3 Å². The van der Waals surface area contributed by atoms with Crippen molar-refractivity contribution in [3.05, 3.63) is 15.6 Å². The lowest BCUT2D eigenvalue weighted by molar-refractivity contribution is 0.277. The Kier molecular flexibility index (Phi) is 5.33. The quantitative estimate of drug-likeness (QED) is 0.809. The number of aryl methyl sites for hydroxylation is 1. The first-order valence-corrected chi connectivity index (χ1v) is 8.29. The highest BCUT2D eigenvalue weighted by atomic mass is 32.1. The molecule has 21 heavy (non-hydrogen) atoms. The predicted octanol–water partition coefficient (Wildman–Crippen LogP) is 3.29. The van der Waals surface area contributed by atoms with Gasteiger partial charge in [0.1, 0.15) is 5.01 Å².